The highest BCUT2D eigenvalue weighted by atomic mass is 19.4. The number of hydrogen-bond donors (Lipinski definition) is 5. The molecule has 0 aliphatic carbocycles. The molecule has 8 rings (SSSR count). The fraction of sp³-hybridized carbons (Fsp3) is 0.378. The molecule has 6 N–H and O–H groups in total. The number of nitrogens with one attached hydrogen (secondary N) is 4. The maximum atomic E-state index is 14.4. The summed E-state index contributed by atoms with van der Waals surface area (Å²) in [7, 11) is 2.05. The number of alkyl halides is 6. The lowest BCUT2D eigenvalue weighted by Gasteiger charge is -2.46. The van der Waals surface area contributed by atoms with Gasteiger partial charge in [0, 0.05) is 85.8 Å². The Balaban J connectivity index is 1.19. The van der Waals surface area contributed by atoms with Gasteiger partial charge < -0.3 is 31.1 Å². The third kappa shape index (κ3) is 9.16. The van der Waals surface area contributed by atoms with Crippen LogP contribution >= 0.6 is 0 Å². The van der Waals surface area contributed by atoms with Crippen molar-refractivity contribution in [3.63, 3.8) is 0 Å². The molecule has 18 heteroatoms. The maximum Gasteiger partial charge on any atom is 0.416 e. The Labute approximate surface area is 361 Å². The van der Waals surface area contributed by atoms with Crippen LogP contribution in [-0.2, 0) is 18.9 Å². The van der Waals surface area contributed by atoms with Crippen LogP contribution < -0.4 is 36.9 Å². The standard InChI is InChI=1S/C45H50F6N12/c1-26-32(7-5-9-36(26)44(46,47)48)40(52)57-42(59-53-3)34-21-30(62-19-17-61(4)18-20-62)13-11-28(34)23-55-41(33-8-6-10-37(27(33)2)45(49,50)51)58-43-35-22-31(14-12-29(35)24-56-60-43)63-25-38-39(63)15-16-54-38/h5-14,21-22,24,38-41,54-55H,3,15-20,23,25,52H2,1-2,4H3,(H,57,59)(H,58,60)/t38-,39-,40-,41-/m0/s1. The van der Waals surface area contributed by atoms with Crippen LogP contribution in [0, 0.1) is 13.8 Å². The van der Waals surface area contributed by atoms with Crippen molar-refractivity contribution < 1.29 is 26.3 Å². The Morgan fingerprint density at radius 2 is 1.59 bits per heavy atom. The Morgan fingerprint density at radius 3 is 2.27 bits per heavy atom. The van der Waals surface area contributed by atoms with E-state index in [1.54, 1.807) is 12.3 Å². The molecule has 4 aromatic carbocycles. The van der Waals surface area contributed by atoms with E-state index in [0.29, 0.717) is 34.6 Å². The summed E-state index contributed by atoms with van der Waals surface area (Å²) in [4.78, 5) is 11.5. The van der Waals surface area contributed by atoms with Crippen LogP contribution in [0.1, 0.15) is 63.3 Å². The van der Waals surface area contributed by atoms with Gasteiger partial charge in [-0.25, -0.2) is 4.99 Å². The second-order valence-electron chi connectivity index (χ2n) is 16.4. The smallest absolute Gasteiger partial charge is 0.369 e. The Morgan fingerprint density at radius 1 is 0.905 bits per heavy atom. The fourth-order valence-electron chi connectivity index (χ4n) is 8.95. The van der Waals surface area contributed by atoms with E-state index in [1.165, 1.54) is 32.0 Å². The second kappa shape index (κ2) is 17.7. The molecule has 12 nitrogen and oxygen atoms in total. The van der Waals surface area contributed by atoms with Crippen molar-refractivity contribution in [1.82, 2.24) is 31.2 Å². The molecule has 332 valence electrons. The first kappa shape index (κ1) is 43.8. The third-order valence-corrected chi connectivity index (χ3v) is 12.5. The second-order valence-corrected chi connectivity index (χ2v) is 16.4. The van der Waals surface area contributed by atoms with Gasteiger partial charge in [0.05, 0.1) is 17.3 Å². The van der Waals surface area contributed by atoms with Gasteiger partial charge in [0.15, 0.2) is 11.7 Å². The molecule has 1 aromatic heterocycles. The number of nitrogens with zero attached hydrogens (tertiary/aromatic N) is 7. The zero-order chi connectivity index (χ0) is 44.6. The van der Waals surface area contributed by atoms with Crippen molar-refractivity contribution in [3.8, 4) is 0 Å². The van der Waals surface area contributed by atoms with E-state index in [1.807, 2.05) is 43.4 Å². The first-order valence-corrected chi connectivity index (χ1v) is 20.8. The molecule has 0 unspecified atom stereocenters. The number of fused-ring (bicyclic) bond motifs is 2. The SMILES string of the molecule is C=NNC(=N[C@H](N)c1cccc(C(F)(F)F)c1C)c1cc(N2CCN(C)CC2)ccc1CN[C@@H](Nc1nncc2ccc(N3C[C@@H]4NCC[C@@H]43)cc12)c1cccc(C(F)(F)F)c1C. The summed E-state index contributed by atoms with van der Waals surface area (Å²) >= 11 is 0. The highest BCUT2D eigenvalue weighted by Gasteiger charge is 2.42. The summed E-state index contributed by atoms with van der Waals surface area (Å²) in [5, 5.41) is 24.6. The number of piperazine rings is 1. The van der Waals surface area contributed by atoms with Gasteiger partial charge in [0.2, 0.25) is 0 Å². The summed E-state index contributed by atoms with van der Waals surface area (Å²) < 4.78 is 85.1. The number of halogens is 6. The molecule has 63 heavy (non-hydrogen) atoms. The molecule has 0 bridgehead atoms. The number of aromatic nitrogens is 2. The molecular formula is C45H50F6N12. The lowest BCUT2D eigenvalue weighted by atomic mass is 9.96. The minimum atomic E-state index is -4.61. The van der Waals surface area contributed by atoms with Crippen molar-refractivity contribution in [2.45, 2.75) is 63.6 Å². The third-order valence-electron chi connectivity index (χ3n) is 12.5. The van der Waals surface area contributed by atoms with Gasteiger partial charge in [0.25, 0.3) is 0 Å². The zero-order valence-corrected chi connectivity index (χ0v) is 35.2. The average molecular weight is 873 g/mol. The minimum absolute atomic E-state index is 0.0251. The lowest BCUT2D eigenvalue weighted by molar-refractivity contribution is -0.138. The summed E-state index contributed by atoms with van der Waals surface area (Å²) in [6, 6.07) is 20.5. The lowest BCUT2D eigenvalue weighted by Crippen LogP contribution is -2.61. The van der Waals surface area contributed by atoms with E-state index < -0.39 is 35.8 Å². The van der Waals surface area contributed by atoms with E-state index in [9.17, 15) is 26.3 Å². The molecule has 0 spiro atoms. The summed E-state index contributed by atoms with van der Waals surface area (Å²) in [6.07, 6.45) is -8.71. The number of nitrogens with two attached hydrogens (primary N) is 1. The van der Waals surface area contributed by atoms with Crippen LogP contribution in [0.4, 0.5) is 43.5 Å². The molecule has 3 saturated heterocycles. The molecular weight excluding hydrogens is 823 g/mol. The molecule has 3 aliphatic rings. The number of aliphatic imine (C=N–C) groups is 1. The van der Waals surface area contributed by atoms with E-state index >= 15 is 0 Å². The number of likely N-dealkylation sites (N-methyl/N-ethyl adjacent to an activating group) is 1. The van der Waals surface area contributed by atoms with Crippen molar-refractivity contribution in [1.29, 1.82) is 0 Å². The number of anilines is 3. The molecule has 4 heterocycles. The Kier molecular flexibility index (Phi) is 12.3. The van der Waals surface area contributed by atoms with E-state index in [2.05, 4.69) is 58.1 Å². The number of benzene rings is 4. The van der Waals surface area contributed by atoms with Gasteiger partial charge in [-0.2, -0.15) is 36.5 Å². The number of rotatable bonds is 12. The first-order chi connectivity index (χ1) is 30.1. The minimum Gasteiger partial charge on any atom is -0.369 e. The molecule has 0 amide bonds. The van der Waals surface area contributed by atoms with E-state index in [4.69, 9.17) is 10.7 Å². The van der Waals surface area contributed by atoms with Gasteiger partial charge in [-0.05, 0) is 98.1 Å². The number of hydrazone groups is 1. The molecule has 0 saturated carbocycles. The predicted molar refractivity (Wildman–Crippen MR) is 235 cm³/mol. The van der Waals surface area contributed by atoms with Crippen molar-refractivity contribution in [2.24, 2.45) is 15.8 Å². The number of hydrogen-bond acceptors (Lipinski definition) is 11. The quantitative estimate of drug-likeness (QED) is 0.0291. The molecule has 0 radical (unpaired) electrons. The van der Waals surface area contributed by atoms with Gasteiger partial charge >= 0.3 is 12.4 Å². The van der Waals surface area contributed by atoms with Crippen LogP contribution in [0.2, 0.25) is 0 Å². The summed E-state index contributed by atoms with van der Waals surface area (Å²) in [6.45, 7) is 11.4. The molecule has 3 aliphatic heterocycles. The van der Waals surface area contributed by atoms with Crippen molar-refractivity contribution >= 4 is 40.5 Å². The van der Waals surface area contributed by atoms with Gasteiger partial charge in [-0.15, -0.1) is 5.10 Å². The summed E-state index contributed by atoms with van der Waals surface area (Å²) in [5.41, 5.74) is 11.3. The van der Waals surface area contributed by atoms with E-state index in [0.717, 1.165) is 80.0 Å². The van der Waals surface area contributed by atoms with Crippen LogP contribution in [0.5, 0.6) is 0 Å². The van der Waals surface area contributed by atoms with Crippen LogP contribution in [0.25, 0.3) is 10.8 Å². The Bertz CT molecular complexity index is 2500. The van der Waals surface area contributed by atoms with Gasteiger partial charge in [-0.1, -0.05) is 36.4 Å². The van der Waals surface area contributed by atoms with Crippen LogP contribution in [0.3, 0.4) is 0 Å². The number of amidine groups is 1. The topological polar surface area (TPSA) is 134 Å². The Hall–Kier alpha value is -5.82. The maximum absolute atomic E-state index is 14.4. The van der Waals surface area contributed by atoms with Crippen LogP contribution in [0.15, 0.2) is 89.1 Å². The highest BCUT2D eigenvalue weighted by molar-refractivity contribution is 6.01. The van der Waals surface area contributed by atoms with Gasteiger partial charge in [0.1, 0.15) is 12.3 Å². The predicted octanol–water partition coefficient (Wildman–Crippen LogP) is 7.10. The summed E-state index contributed by atoms with van der Waals surface area (Å²) in [5.74, 6) is 0.512. The van der Waals surface area contributed by atoms with Crippen molar-refractivity contribution in [2.75, 3.05) is 61.4 Å². The molecule has 3 fully saturated rings. The van der Waals surface area contributed by atoms with Gasteiger partial charge in [-0.3, -0.25) is 10.7 Å². The highest BCUT2D eigenvalue weighted by Crippen LogP contribution is 2.38. The monoisotopic (exact) mass is 872 g/mol. The zero-order valence-electron chi connectivity index (χ0n) is 35.2. The normalized spacial score (nSPS) is 19.4. The van der Waals surface area contributed by atoms with E-state index in [-0.39, 0.29) is 29.1 Å². The van der Waals surface area contributed by atoms with Crippen molar-refractivity contribution in [3.05, 3.63) is 124 Å². The molecule has 4 atom stereocenters. The van der Waals surface area contributed by atoms with Crippen LogP contribution in [-0.4, -0.2) is 86.1 Å². The molecule has 5 aromatic rings. The fourth-order valence-corrected chi connectivity index (χ4v) is 8.95. The largest absolute Gasteiger partial charge is 0.416 e. The average Bonchev–Trinajstić information content (AvgIpc) is 3.61. The first-order valence-electron chi connectivity index (χ1n) is 20.8.